The highest BCUT2D eigenvalue weighted by atomic mass is 32.2. The lowest BCUT2D eigenvalue weighted by molar-refractivity contribution is -0.151. The number of carbonyl (C=O) groups excluding carboxylic acids is 2. The fourth-order valence-electron chi connectivity index (χ4n) is 2.23. The molecule has 25 heavy (non-hydrogen) atoms. The summed E-state index contributed by atoms with van der Waals surface area (Å²) in [6, 6.07) is -0.764. The molecule has 11 nitrogen and oxygen atoms in total. The Labute approximate surface area is 147 Å². The zero-order valence-corrected chi connectivity index (χ0v) is 14.3. The predicted molar refractivity (Wildman–Crippen MR) is 86.4 cm³/mol. The molecule has 0 spiro atoms. The van der Waals surface area contributed by atoms with Gasteiger partial charge in [0.2, 0.25) is 5.82 Å². The topological polar surface area (TPSA) is 176 Å². The number of amides is 1. The number of thioether (sulfide) groups is 1. The summed E-state index contributed by atoms with van der Waals surface area (Å²) in [5.74, 6) is -0.982. The van der Waals surface area contributed by atoms with E-state index in [4.69, 9.17) is 20.9 Å². The maximum atomic E-state index is 11.8. The van der Waals surface area contributed by atoms with Crippen molar-refractivity contribution in [2.24, 2.45) is 11.5 Å². The standard InChI is InChI=1S/C13H21N5O6S/c1-25-3-2-6(14)13(22)23-4-7-8(19)9(20)12(24-7)18-5-16-11(17-18)10(15)21/h5-9,12,19-20H,2-4,14H2,1H3,(H2,15,21)/t6-,7-,8-,9-,12-/m1/s1. The summed E-state index contributed by atoms with van der Waals surface area (Å²) < 4.78 is 11.6. The van der Waals surface area contributed by atoms with Crippen molar-refractivity contribution in [3.63, 3.8) is 0 Å². The Kier molecular flexibility index (Phi) is 6.72. The number of rotatable bonds is 8. The Morgan fingerprint density at radius 3 is 2.80 bits per heavy atom. The summed E-state index contributed by atoms with van der Waals surface area (Å²) in [6.07, 6.45) is -1.22. The third-order valence-electron chi connectivity index (χ3n) is 3.65. The monoisotopic (exact) mass is 375 g/mol. The summed E-state index contributed by atoms with van der Waals surface area (Å²) in [7, 11) is 0. The summed E-state index contributed by atoms with van der Waals surface area (Å²) in [4.78, 5) is 26.5. The predicted octanol–water partition coefficient (Wildman–Crippen LogP) is -2.38. The number of nitrogens with two attached hydrogens (primary N) is 2. The van der Waals surface area contributed by atoms with Crippen LogP contribution in [0.3, 0.4) is 0 Å². The second kappa shape index (κ2) is 8.58. The van der Waals surface area contributed by atoms with E-state index < -0.39 is 42.5 Å². The molecule has 1 aliphatic rings. The molecule has 0 saturated carbocycles. The van der Waals surface area contributed by atoms with E-state index in [1.807, 2.05) is 6.26 Å². The molecule has 0 radical (unpaired) electrons. The van der Waals surface area contributed by atoms with Crippen molar-refractivity contribution in [1.82, 2.24) is 14.8 Å². The number of ether oxygens (including phenoxy) is 2. The molecule has 5 atom stereocenters. The van der Waals surface area contributed by atoms with Gasteiger partial charge in [0.15, 0.2) is 6.23 Å². The van der Waals surface area contributed by atoms with Gasteiger partial charge in [0.25, 0.3) is 5.91 Å². The lowest BCUT2D eigenvalue weighted by Crippen LogP contribution is -2.38. The van der Waals surface area contributed by atoms with Gasteiger partial charge in [0.05, 0.1) is 0 Å². The molecule has 140 valence electrons. The van der Waals surface area contributed by atoms with E-state index in [1.54, 1.807) is 11.8 Å². The molecule has 1 aromatic rings. The van der Waals surface area contributed by atoms with Crippen molar-refractivity contribution in [2.45, 2.75) is 37.0 Å². The van der Waals surface area contributed by atoms with E-state index in [-0.39, 0.29) is 12.4 Å². The molecule has 2 rings (SSSR count). The number of primary amides is 1. The van der Waals surface area contributed by atoms with Crippen LogP contribution in [0, 0.1) is 0 Å². The Morgan fingerprint density at radius 1 is 1.48 bits per heavy atom. The smallest absolute Gasteiger partial charge is 0.323 e. The van der Waals surface area contributed by atoms with Gasteiger partial charge < -0.3 is 31.2 Å². The number of aliphatic hydroxyl groups excluding tert-OH is 2. The van der Waals surface area contributed by atoms with Gasteiger partial charge in [0.1, 0.15) is 37.3 Å². The Morgan fingerprint density at radius 2 is 2.20 bits per heavy atom. The number of nitrogens with zero attached hydrogens (tertiary/aromatic N) is 3. The quantitative estimate of drug-likeness (QED) is 0.359. The number of aromatic nitrogens is 3. The van der Waals surface area contributed by atoms with Crippen LogP contribution < -0.4 is 11.5 Å². The van der Waals surface area contributed by atoms with E-state index in [1.165, 1.54) is 0 Å². The molecule has 1 aromatic heterocycles. The minimum absolute atomic E-state index is 0.250. The molecule has 1 aliphatic heterocycles. The molecule has 1 saturated heterocycles. The Bertz CT molecular complexity index is 613. The lowest BCUT2D eigenvalue weighted by Gasteiger charge is -2.16. The first-order chi connectivity index (χ1) is 11.8. The first kappa shape index (κ1) is 19.6. The number of hydrogen-bond acceptors (Lipinski definition) is 10. The van der Waals surface area contributed by atoms with Gasteiger partial charge in [-0.1, -0.05) is 0 Å². The van der Waals surface area contributed by atoms with E-state index in [9.17, 15) is 19.8 Å². The SMILES string of the molecule is CSCC[C@@H](N)C(=O)OC[C@H]1O[C@@H](n2cnc(C(N)=O)n2)[C@H](O)[C@@H]1O. The fraction of sp³-hybridized carbons (Fsp3) is 0.692. The van der Waals surface area contributed by atoms with Crippen molar-refractivity contribution in [2.75, 3.05) is 18.6 Å². The minimum atomic E-state index is -1.35. The number of esters is 1. The van der Waals surface area contributed by atoms with Crippen LogP contribution in [-0.4, -0.2) is 79.8 Å². The van der Waals surface area contributed by atoms with E-state index in [0.717, 1.165) is 11.0 Å². The molecular weight excluding hydrogens is 354 g/mol. The highest BCUT2D eigenvalue weighted by Crippen LogP contribution is 2.29. The second-order valence-corrected chi connectivity index (χ2v) is 6.46. The summed E-state index contributed by atoms with van der Waals surface area (Å²) in [6.45, 7) is -0.280. The van der Waals surface area contributed by atoms with Crippen LogP contribution >= 0.6 is 11.8 Å². The van der Waals surface area contributed by atoms with Crippen LogP contribution in [-0.2, 0) is 14.3 Å². The van der Waals surface area contributed by atoms with Crippen LogP contribution in [0.5, 0.6) is 0 Å². The average molecular weight is 375 g/mol. The third-order valence-corrected chi connectivity index (χ3v) is 4.30. The minimum Gasteiger partial charge on any atom is -0.462 e. The van der Waals surface area contributed by atoms with Gasteiger partial charge in [-0.05, 0) is 18.4 Å². The maximum absolute atomic E-state index is 11.8. The number of hydrogen-bond donors (Lipinski definition) is 4. The molecule has 6 N–H and O–H groups in total. The second-order valence-electron chi connectivity index (χ2n) is 5.48. The van der Waals surface area contributed by atoms with Gasteiger partial charge >= 0.3 is 5.97 Å². The van der Waals surface area contributed by atoms with Crippen molar-refractivity contribution >= 4 is 23.6 Å². The average Bonchev–Trinajstić information content (AvgIpc) is 3.17. The van der Waals surface area contributed by atoms with Crippen LogP contribution in [0.1, 0.15) is 23.3 Å². The molecule has 12 heteroatoms. The van der Waals surface area contributed by atoms with Crippen LogP contribution in [0.15, 0.2) is 6.33 Å². The van der Waals surface area contributed by atoms with Gasteiger partial charge in [-0.3, -0.25) is 9.59 Å². The number of aliphatic hydroxyl groups is 2. The van der Waals surface area contributed by atoms with Crippen LogP contribution in [0.25, 0.3) is 0 Å². The van der Waals surface area contributed by atoms with Gasteiger partial charge in [-0.25, -0.2) is 9.67 Å². The van der Waals surface area contributed by atoms with Crippen LogP contribution in [0.2, 0.25) is 0 Å². The van der Waals surface area contributed by atoms with Gasteiger partial charge in [0, 0.05) is 0 Å². The summed E-state index contributed by atoms with van der Waals surface area (Å²) in [5.41, 5.74) is 10.8. The van der Waals surface area contributed by atoms with Crippen molar-refractivity contribution in [3.8, 4) is 0 Å². The summed E-state index contributed by atoms with van der Waals surface area (Å²) in [5, 5.41) is 23.9. The fourth-order valence-corrected chi connectivity index (χ4v) is 2.72. The van der Waals surface area contributed by atoms with Crippen molar-refractivity contribution in [1.29, 1.82) is 0 Å². The van der Waals surface area contributed by atoms with E-state index in [2.05, 4.69) is 10.1 Å². The molecular formula is C13H21N5O6S. The highest BCUT2D eigenvalue weighted by Gasteiger charge is 2.45. The number of carbonyl (C=O) groups is 2. The Balaban J connectivity index is 1.92. The van der Waals surface area contributed by atoms with Gasteiger partial charge in [-0.15, -0.1) is 5.10 Å². The van der Waals surface area contributed by atoms with Crippen molar-refractivity contribution in [3.05, 3.63) is 12.2 Å². The largest absolute Gasteiger partial charge is 0.462 e. The van der Waals surface area contributed by atoms with Gasteiger partial charge in [-0.2, -0.15) is 11.8 Å². The zero-order chi connectivity index (χ0) is 18.6. The highest BCUT2D eigenvalue weighted by molar-refractivity contribution is 7.98. The van der Waals surface area contributed by atoms with E-state index >= 15 is 0 Å². The van der Waals surface area contributed by atoms with E-state index in [0.29, 0.717) is 12.2 Å². The molecule has 0 aromatic carbocycles. The molecule has 2 heterocycles. The zero-order valence-electron chi connectivity index (χ0n) is 13.5. The summed E-state index contributed by atoms with van der Waals surface area (Å²) >= 11 is 1.56. The molecule has 1 fully saturated rings. The molecule has 0 bridgehead atoms. The van der Waals surface area contributed by atoms with Crippen LogP contribution in [0.4, 0.5) is 0 Å². The Hall–Kier alpha value is -1.73. The molecule has 0 unspecified atom stereocenters. The maximum Gasteiger partial charge on any atom is 0.323 e. The first-order valence-electron chi connectivity index (χ1n) is 7.48. The molecule has 1 amide bonds. The third kappa shape index (κ3) is 4.67. The van der Waals surface area contributed by atoms with Crippen molar-refractivity contribution < 1.29 is 29.3 Å². The first-order valence-corrected chi connectivity index (χ1v) is 8.88. The normalized spacial score (nSPS) is 27.2. The molecule has 0 aliphatic carbocycles. The lowest BCUT2D eigenvalue weighted by atomic mass is 10.1.